The molecular formula is C15H25F3N2S. The van der Waals surface area contributed by atoms with Gasteiger partial charge in [-0.05, 0) is 64.1 Å². The molecule has 0 saturated carbocycles. The van der Waals surface area contributed by atoms with Crippen molar-refractivity contribution in [2.45, 2.75) is 44.3 Å². The summed E-state index contributed by atoms with van der Waals surface area (Å²) in [7, 11) is 3.78. The van der Waals surface area contributed by atoms with Crippen LogP contribution in [0.1, 0.15) is 32.8 Å². The van der Waals surface area contributed by atoms with Crippen LogP contribution in [-0.4, -0.2) is 31.0 Å². The predicted octanol–water partition coefficient (Wildman–Crippen LogP) is 4.67. The van der Waals surface area contributed by atoms with Crippen LogP contribution in [0, 0.1) is 0 Å². The Labute approximate surface area is 130 Å². The molecule has 0 aliphatic rings. The number of nitrogens with zero attached hydrogens (tertiary/aromatic N) is 1. The topological polar surface area (TPSA) is 15.3 Å². The highest BCUT2D eigenvalue weighted by Crippen LogP contribution is 2.33. The summed E-state index contributed by atoms with van der Waals surface area (Å²) in [6, 6.07) is 5.70. The molecule has 21 heavy (non-hydrogen) atoms. The molecule has 0 spiro atoms. The summed E-state index contributed by atoms with van der Waals surface area (Å²) in [5.41, 5.74) is -0.603. The van der Waals surface area contributed by atoms with Crippen molar-refractivity contribution in [2.75, 3.05) is 20.6 Å². The molecule has 1 rings (SSSR count). The molecule has 0 aliphatic heterocycles. The Kier molecular flexibility index (Phi) is 9.74. The molecule has 0 saturated heterocycles. The van der Waals surface area contributed by atoms with E-state index in [1.54, 1.807) is 6.07 Å². The van der Waals surface area contributed by atoms with Crippen LogP contribution >= 0.6 is 11.9 Å². The van der Waals surface area contributed by atoms with Gasteiger partial charge in [-0.15, -0.1) is 0 Å². The van der Waals surface area contributed by atoms with Crippen molar-refractivity contribution < 1.29 is 13.2 Å². The standard InChI is InChI=1S/C13H19F3N2S.C2H6/c1-10(7-8-17-2)18(3)19-12-6-4-5-11(9-12)13(14,15)16;1-2/h4-6,9-10,17H,7-8H2,1-3H3;1-2H3. The minimum Gasteiger partial charge on any atom is -0.320 e. The number of halogens is 3. The maximum absolute atomic E-state index is 12.6. The van der Waals surface area contributed by atoms with Gasteiger partial charge in [-0.2, -0.15) is 13.2 Å². The normalized spacial score (nSPS) is 12.8. The number of nitrogens with one attached hydrogen (secondary N) is 1. The molecule has 2 nitrogen and oxygen atoms in total. The Balaban J connectivity index is 0.00000191. The van der Waals surface area contributed by atoms with Crippen LogP contribution in [0.25, 0.3) is 0 Å². The molecule has 0 amide bonds. The zero-order valence-corrected chi connectivity index (χ0v) is 14.1. The van der Waals surface area contributed by atoms with Crippen LogP contribution in [0.15, 0.2) is 29.2 Å². The number of benzene rings is 1. The highest BCUT2D eigenvalue weighted by Gasteiger charge is 2.30. The Hall–Kier alpha value is -0.720. The average Bonchev–Trinajstić information content (AvgIpc) is 2.46. The monoisotopic (exact) mass is 322 g/mol. The SMILES string of the molecule is CC.CNCCC(C)N(C)Sc1cccc(C(F)(F)F)c1. The summed E-state index contributed by atoms with van der Waals surface area (Å²) in [4.78, 5) is 0.605. The number of alkyl halides is 3. The van der Waals surface area contributed by atoms with Crippen molar-refractivity contribution in [1.82, 2.24) is 9.62 Å². The minimum absolute atomic E-state index is 0.284. The third-order valence-corrected chi connectivity index (χ3v) is 3.96. The Morgan fingerprint density at radius 1 is 1.29 bits per heavy atom. The molecule has 1 atom stereocenters. The second kappa shape index (κ2) is 10.1. The summed E-state index contributed by atoms with van der Waals surface area (Å²) < 4.78 is 39.8. The van der Waals surface area contributed by atoms with E-state index in [-0.39, 0.29) is 6.04 Å². The summed E-state index contributed by atoms with van der Waals surface area (Å²) in [6.07, 6.45) is -3.34. The molecule has 0 bridgehead atoms. The molecule has 1 aromatic carbocycles. The Morgan fingerprint density at radius 2 is 1.90 bits per heavy atom. The van der Waals surface area contributed by atoms with Gasteiger partial charge in [0, 0.05) is 10.9 Å². The lowest BCUT2D eigenvalue weighted by molar-refractivity contribution is -0.137. The number of rotatable bonds is 6. The van der Waals surface area contributed by atoms with E-state index in [4.69, 9.17) is 0 Å². The fourth-order valence-corrected chi connectivity index (χ4v) is 2.46. The second-order valence-electron chi connectivity index (χ2n) is 4.40. The van der Waals surface area contributed by atoms with Gasteiger partial charge in [0.1, 0.15) is 0 Å². The van der Waals surface area contributed by atoms with E-state index >= 15 is 0 Å². The van der Waals surface area contributed by atoms with Gasteiger partial charge in [0.25, 0.3) is 0 Å². The van der Waals surface area contributed by atoms with E-state index in [0.717, 1.165) is 19.0 Å². The van der Waals surface area contributed by atoms with Gasteiger partial charge in [0.2, 0.25) is 0 Å². The average molecular weight is 322 g/mol. The maximum atomic E-state index is 12.6. The van der Waals surface area contributed by atoms with Gasteiger partial charge < -0.3 is 5.32 Å². The first-order valence-corrected chi connectivity index (χ1v) is 7.84. The predicted molar refractivity (Wildman–Crippen MR) is 84.4 cm³/mol. The van der Waals surface area contributed by atoms with Crippen molar-refractivity contribution in [2.24, 2.45) is 0 Å². The lowest BCUT2D eigenvalue weighted by Gasteiger charge is -2.23. The van der Waals surface area contributed by atoms with Crippen LogP contribution < -0.4 is 5.32 Å². The molecule has 0 aromatic heterocycles. The van der Waals surface area contributed by atoms with Crippen molar-refractivity contribution in [3.05, 3.63) is 29.8 Å². The zero-order chi connectivity index (χ0) is 16.5. The largest absolute Gasteiger partial charge is 0.416 e. The lowest BCUT2D eigenvalue weighted by Crippen LogP contribution is -2.26. The Bertz CT molecular complexity index is 397. The van der Waals surface area contributed by atoms with E-state index in [0.29, 0.717) is 4.90 Å². The van der Waals surface area contributed by atoms with Gasteiger partial charge >= 0.3 is 6.18 Å². The first-order chi connectivity index (χ1) is 9.84. The molecule has 1 aromatic rings. The van der Waals surface area contributed by atoms with E-state index in [9.17, 15) is 13.2 Å². The van der Waals surface area contributed by atoms with Gasteiger partial charge in [-0.3, -0.25) is 0 Å². The van der Waals surface area contributed by atoms with E-state index < -0.39 is 11.7 Å². The molecule has 122 valence electrons. The van der Waals surface area contributed by atoms with E-state index in [1.807, 2.05) is 32.2 Å². The zero-order valence-electron chi connectivity index (χ0n) is 13.3. The third kappa shape index (κ3) is 7.74. The highest BCUT2D eigenvalue weighted by atomic mass is 32.2. The minimum atomic E-state index is -4.28. The van der Waals surface area contributed by atoms with Crippen LogP contribution in [0.4, 0.5) is 13.2 Å². The van der Waals surface area contributed by atoms with Crippen molar-refractivity contribution in [1.29, 1.82) is 0 Å². The van der Waals surface area contributed by atoms with Crippen LogP contribution in [-0.2, 0) is 6.18 Å². The molecule has 0 radical (unpaired) electrons. The summed E-state index contributed by atoms with van der Waals surface area (Å²) in [5.74, 6) is 0. The fraction of sp³-hybridized carbons (Fsp3) is 0.600. The molecule has 6 heteroatoms. The first-order valence-electron chi connectivity index (χ1n) is 7.07. The molecule has 1 N–H and O–H groups in total. The van der Waals surface area contributed by atoms with E-state index in [2.05, 4.69) is 12.2 Å². The van der Waals surface area contributed by atoms with Gasteiger partial charge in [0.15, 0.2) is 0 Å². The summed E-state index contributed by atoms with van der Waals surface area (Å²) >= 11 is 1.34. The number of hydrogen-bond donors (Lipinski definition) is 1. The lowest BCUT2D eigenvalue weighted by atomic mass is 10.2. The fourth-order valence-electron chi connectivity index (χ4n) is 1.52. The van der Waals surface area contributed by atoms with Gasteiger partial charge in [-0.1, -0.05) is 19.9 Å². The van der Waals surface area contributed by atoms with Crippen LogP contribution in [0.2, 0.25) is 0 Å². The molecule has 0 fully saturated rings. The summed E-state index contributed by atoms with van der Waals surface area (Å²) in [5, 5.41) is 3.06. The number of hydrogen-bond acceptors (Lipinski definition) is 3. The maximum Gasteiger partial charge on any atom is 0.416 e. The summed E-state index contributed by atoms with van der Waals surface area (Å²) in [6.45, 7) is 6.94. The molecular weight excluding hydrogens is 297 g/mol. The smallest absolute Gasteiger partial charge is 0.320 e. The van der Waals surface area contributed by atoms with Crippen molar-refractivity contribution in [3.8, 4) is 0 Å². The molecule has 1 unspecified atom stereocenters. The van der Waals surface area contributed by atoms with Crippen LogP contribution in [0.3, 0.4) is 0 Å². The third-order valence-electron chi connectivity index (χ3n) is 2.84. The first kappa shape index (κ1) is 20.3. The quantitative estimate of drug-likeness (QED) is 0.766. The van der Waals surface area contributed by atoms with E-state index in [1.165, 1.54) is 24.1 Å². The van der Waals surface area contributed by atoms with Crippen LogP contribution in [0.5, 0.6) is 0 Å². The molecule has 0 heterocycles. The second-order valence-corrected chi connectivity index (χ2v) is 5.63. The van der Waals surface area contributed by atoms with Gasteiger partial charge in [0.05, 0.1) is 5.56 Å². The van der Waals surface area contributed by atoms with Crippen molar-refractivity contribution in [3.63, 3.8) is 0 Å². The molecule has 0 aliphatic carbocycles. The van der Waals surface area contributed by atoms with Crippen molar-refractivity contribution >= 4 is 11.9 Å². The highest BCUT2D eigenvalue weighted by molar-refractivity contribution is 7.97. The Morgan fingerprint density at radius 3 is 2.43 bits per heavy atom. The van der Waals surface area contributed by atoms with Gasteiger partial charge in [-0.25, -0.2) is 4.31 Å².